The normalized spacial score (nSPS) is 14.6. The number of aromatic nitrogens is 1. The molecule has 1 aromatic carbocycles. The molecular weight excluding hydrogens is 346 g/mol. The molecule has 0 saturated heterocycles. The number of carbonyl (C=O) groups excluding carboxylic acids is 2. The van der Waals surface area contributed by atoms with E-state index in [-0.39, 0.29) is 24.4 Å². The molecule has 3 rings (SSSR count). The lowest BCUT2D eigenvalue weighted by Crippen LogP contribution is -2.45. The van der Waals surface area contributed by atoms with E-state index < -0.39 is 0 Å². The highest BCUT2D eigenvalue weighted by Gasteiger charge is 2.28. The number of ether oxygens (including phenoxy) is 1. The Morgan fingerprint density at radius 2 is 1.93 bits per heavy atom. The molecule has 0 atom stereocenters. The van der Waals surface area contributed by atoms with Gasteiger partial charge in [0.25, 0.3) is 5.91 Å². The number of nitrogens with zero attached hydrogens (tertiary/aromatic N) is 2. The molecule has 7 nitrogen and oxygen atoms in total. The van der Waals surface area contributed by atoms with E-state index in [0.29, 0.717) is 22.9 Å². The number of hydrogen-bond donors (Lipinski definition) is 1. The van der Waals surface area contributed by atoms with Crippen molar-refractivity contribution < 1.29 is 18.8 Å². The number of carbonyl (C=O) groups is 2. The van der Waals surface area contributed by atoms with Crippen molar-refractivity contribution in [2.75, 3.05) is 19.0 Å². The molecule has 1 aromatic heterocycles. The van der Waals surface area contributed by atoms with Crippen molar-refractivity contribution in [1.29, 1.82) is 0 Å². The second-order valence-electron chi connectivity index (χ2n) is 6.82. The van der Waals surface area contributed by atoms with E-state index in [1.54, 1.807) is 49.3 Å². The molecule has 0 spiro atoms. The highest BCUT2D eigenvalue weighted by atomic mass is 16.5. The number of methoxy groups -OCH3 is 1. The fourth-order valence-electron chi connectivity index (χ4n) is 3.42. The summed E-state index contributed by atoms with van der Waals surface area (Å²) in [6, 6.07) is 8.69. The second-order valence-corrected chi connectivity index (χ2v) is 6.82. The monoisotopic (exact) mass is 371 g/mol. The van der Waals surface area contributed by atoms with Crippen LogP contribution in [0, 0.1) is 6.92 Å². The Hall–Kier alpha value is -2.83. The lowest BCUT2D eigenvalue weighted by Gasteiger charge is -2.34. The maximum atomic E-state index is 13.1. The van der Waals surface area contributed by atoms with E-state index in [1.807, 2.05) is 0 Å². The van der Waals surface area contributed by atoms with Crippen LogP contribution in [0.5, 0.6) is 5.75 Å². The third-order valence-electron chi connectivity index (χ3n) is 4.82. The lowest BCUT2D eigenvalue weighted by molar-refractivity contribution is -0.117. The summed E-state index contributed by atoms with van der Waals surface area (Å²) in [5.41, 5.74) is 0.548. The van der Waals surface area contributed by atoms with Crippen LogP contribution in [0.1, 0.15) is 48.2 Å². The Bertz CT molecular complexity index is 779. The molecule has 7 heteroatoms. The summed E-state index contributed by atoms with van der Waals surface area (Å²) >= 11 is 0. The molecule has 144 valence electrons. The number of aryl methyl sites for hydroxylation is 1. The first-order valence-corrected chi connectivity index (χ1v) is 9.25. The molecule has 27 heavy (non-hydrogen) atoms. The zero-order valence-corrected chi connectivity index (χ0v) is 15.7. The van der Waals surface area contributed by atoms with Crippen LogP contribution in [0.3, 0.4) is 0 Å². The van der Waals surface area contributed by atoms with Crippen molar-refractivity contribution in [3.8, 4) is 5.75 Å². The first-order chi connectivity index (χ1) is 13.1. The minimum atomic E-state index is -0.282. The highest BCUT2D eigenvalue weighted by Crippen LogP contribution is 2.24. The van der Waals surface area contributed by atoms with Crippen LogP contribution in [0.25, 0.3) is 0 Å². The first-order valence-electron chi connectivity index (χ1n) is 9.25. The summed E-state index contributed by atoms with van der Waals surface area (Å²) in [6.07, 6.45) is 5.14. The topological polar surface area (TPSA) is 84.7 Å². The van der Waals surface area contributed by atoms with Crippen LogP contribution in [-0.2, 0) is 4.79 Å². The molecule has 1 aliphatic carbocycles. The molecule has 1 heterocycles. The molecule has 0 radical (unpaired) electrons. The molecule has 1 N–H and O–H groups in total. The van der Waals surface area contributed by atoms with Crippen LogP contribution in [-0.4, -0.2) is 41.6 Å². The van der Waals surface area contributed by atoms with Crippen molar-refractivity contribution in [2.24, 2.45) is 0 Å². The predicted octanol–water partition coefficient (Wildman–Crippen LogP) is 3.41. The van der Waals surface area contributed by atoms with Gasteiger partial charge in [-0.2, -0.15) is 0 Å². The fraction of sp³-hybridized carbons (Fsp3) is 0.450. The maximum Gasteiger partial charge on any atom is 0.254 e. The quantitative estimate of drug-likeness (QED) is 0.841. The first kappa shape index (κ1) is 18.9. The average Bonchev–Trinajstić information content (AvgIpc) is 3.11. The Labute approximate surface area is 158 Å². The van der Waals surface area contributed by atoms with Crippen LogP contribution < -0.4 is 10.1 Å². The largest absolute Gasteiger partial charge is 0.497 e. The lowest BCUT2D eigenvalue weighted by atomic mass is 9.93. The van der Waals surface area contributed by atoms with Gasteiger partial charge >= 0.3 is 0 Å². The van der Waals surface area contributed by atoms with Gasteiger partial charge in [0, 0.05) is 17.7 Å². The maximum absolute atomic E-state index is 13.1. The highest BCUT2D eigenvalue weighted by molar-refractivity contribution is 5.99. The Morgan fingerprint density at radius 1 is 1.22 bits per heavy atom. The van der Waals surface area contributed by atoms with Crippen LogP contribution in [0.2, 0.25) is 0 Å². The van der Waals surface area contributed by atoms with Gasteiger partial charge in [0.1, 0.15) is 18.1 Å². The summed E-state index contributed by atoms with van der Waals surface area (Å²) in [4.78, 5) is 27.3. The molecule has 2 aromatic rings. The molecule has 1 aliphatic rings. The number of rotatable bonds is 6. The summed E-state index contributed by atoms with van der Waals surface area (Å²) in [5.74, 6) is 1.24. The smallest absolute Gasteiger partial charge is 0.254 e. The van der Waals surface area contributed by atoms with E-state index in [1.165, 1.54) is 6.42 Å². The van der Waals surface area contributed by atoms with Crippen LogP contribution in [0.4, 0.5) is 5.82 Å². The van der Waals surface area contributed by atoms with Crippen molar-refractivity contribution in [3.05, 3.63) is 41.7 Å². The summed E-state index contributed by atoms with van der Waals surface area (Å²) < 4.78 is 10.1. The molecule has 1 fully saturated rings. The zero-order chi connectivity index (χ0) is 19.2. The molecule has 1 saturated carbocycles. The van der Waals surface area contributed by atoms with E-state index >= 15 is 0 Å². The van der Waals surface area contributed by atoms with Gasteiger partial charge in [-0.1, -0.05) is 24.4 Å². The van der Waals surface area contributed by atoms with Gasteiger partial charge in [-0.3, -0.25) is 9.59 Å². The fourth-order valence-corrected chi connectivity index (χ4v) is 3.42. The van der Waals surface area contributed by atoms with Gasteiger partial charge in [-0.25, -0.2) is 0 Å². The van der Waals surface area contributed by atoms with Crippen molar-refractivity contribution >= 4 is 17.6 Å². The van der Waals surface area contributed by atoms with E-state index in [4.69, 9.17) is 9.26 Å². The zero-order valence-electron chi connectivity index (χ0n) is 15.7. The SMILES string of the molecule is COc1ccc(C(=O)N(CC(=O)Nc2cc(C)on2)C2CCCCC2)cc1. The summed E-state index contributed by atoms with van der Waals surface area (Å²) in [6.45, 7) is 1.74. The Balaban J connectivity index is 1.74. The average molecular weight is 371 g/mol. The van der Waals surface area contributed by atoms with Crippen LogP contribution in [0.15, 0.2) is 34.9 Å². The van der Waals surface area contributed by atoms with Gasteiger partial charge in [-0.15, -0.1) is 0 Å². The third-order valence-corrected chi connectivity index (χ3v) is 4.82. The van der Waals surface area contributed by atoms with E-state index in [0.717, 1.165) is 25.7 Å². The Morgan fingerprint density at radius 3 is 2.52 bits per heavy atom. The predicted molar refractivity (Wildman–Crippen MR) is 101 cm³/mol. The van der Waals surface area contributed by atoms with Crippen molar-refractivity contribution in [3.63, 3.8) is 0 Å². The van der Waals surface area contributed by atoms with Crippen LogP contribution >= 0.6 is 0 Å². The Kier molecular flexibility index (Phi) is 6.11. The summed E-state index contributed by atoms with van der Waals surface area (Å²) in [5, 5.41) is 6.47. The molecule has 0 unspecified atom stereocenters. The summed E-state index contributed by atoms with van der Waals surface area (Å²) in [7, 11) is 1.58. The molecule has 0 aliphatic heterocycles. The molecule has 2 amide bonds. The molecular formula is C20H25N3O4. The number of benzene rings is 1. The number of hydrogen-bond acceptors (Lipinski definition) is 5. The third kappa shape index (κ3) is 4.87. The standard InChI is InChI=1S/C20H25N3O4/c1-14-12-18(22-27-14)21-19(24)13-23(16-6-4-3-5-7-16)20(25)15-8-10-17(26-2)11-9-15/h8-12,16H,3-7,13H2,1-2H3,(H,21,22,24). The molecule has 0 bridgehead atoms. The van der Waals surface area contributed by atoms with E-state index in [2.05, 4.69) is 10.5 Å². The van der Waals surface area contributed by atoms with Gasteiger partial charge in [0.2, 0.25) is 5.91 Å². The number of nitrogens with one attached hydrogen (secondary N) is 1. The minimum absolute atomic E-state index is 0.0125. The van der Waals surface area contributed by atoms with E-state index in [9.17, 15) is 9.59 Å². The van der Waals surface area contributed by atoms with Gasteiger partial charge in [-0.05, 0) is 44.0 Å². The number of anilines is 1. The van der Waals surface area contributed by atoms with Crippen molar-refractivity contribution in [2.45, 2.75) is 45.1 Å². The van der Waals surface area contributed by atoms with Gasteiger partial charge < -0.3 is 19.5 Å². The van der Waals surface area contributed by atoms with Gasteiger partial charge in [0.15, 0.2) is 5.82 Å². The number of amides is 2. The van der Waals surface area contributed by atoms with Crippen molar-refractivity contribution in [1.82, 2.24) is 10.1 Å². The second kappa shape index (κ2) is 8.70. The minimum Gasteiger partial charge on any atom is -0.497 e. The van der Waals surface area contributed by atoms with Gasteiger partial charge in [0.05, 0.1) is 7.11 Å².